The largest absolute Gasteiger partial charge is 0.507 e. The van der Waals surface area contributed by atoms with Gasteiger partial charge < -0.3 is 15.9 Å². The van der Waals surface area contributed by atoms with Crippen LogP contribution in [0, 0.1) is 20.8 Å². The molecule has 4 N–H and O–H groups in total. The third-order valence-electron chi connectivity index (χ3n) is 3.28. The van der Waals surface area contributed by atoms with E-state index < -0.39 is 12.0 Å². The van der Waals surface area contributed by atoms with E-state index in [0.29, 0.717) is 12.0 Å². The summed E-state index contributed by atoms with van der Waals surface area (Å²) >= 11 is 3.48. The number of carbonyl (C=O) groups is 1. The quantitative estimate of drug-likeness (QED) is 0.797. The molecule has 0 bridgehead atoms. The lowest BCUT2D eigenvalue weighted by Crippen LogP contribution is -2.15. The molecule has 0 heterocycles. The number of phenolic OH excluding ortho intramolecular Hbond substituents is 1. The molecule has 4 nitrogen and oxygen atoms in total. The number of aromatic hydroxyl groups is 1. The number of aliphatic carboxylic acids is 1. The Morgan fingerprint density at radius 3 is 2.33 bits per heavy atom. The van der Waals surface area contributed by atoms with E-state index in [1.54, 1.807) is 0 Å². The minimum absolute atomic E-state index is 0.00934. The van der Waals surface area contributed by atoms with E-state index in [1.165, 1.54) is 0 Å². The van der Waals surface area contributed by atoms with Crippen LogP contribution in [0.5, 0.6) is 5.75 Å². The van der Waals surface area contributed by atoms with Crippen molar-refractivity contribution in [2.45, 2.75) is 39.7 Å². The maximum Gasteiger partial charge on any atom is 0.303 e. The van der Waals surface area contributed by atoms with Gasteiger partial charge in [0.05, 0.1) is 0 Å². The van der Waals surface area contributed by atoms with Gasteiger partial charge in [-0.1, -0.05) is 15.9 Å². The molecule has 1 rings (SSSR count). The van der Waals surface area contributed by atoms with Gasteiger partial charge in [0.1, 0.15) is 5.75 Å². The predicted molar refractivity (Wildman–Crippen MR) is 73.8 cm³/mol. The maximum atomic E-state index is 10.6. The van der Waals surface area contributed by atoms with Crippen LogP contribution in [-0.2, 0) is 4.79 Å². The molecule has 100 valence electrons. The highest BCUT2D eigenvalue weighted by Crippen LogP contribution is 2.38. The zero-order valence-electron chi connectivity index (χ0n) is 10.7. The van der Waals surface area contributed by atoms with Crippen molar-refractivity contribution >= 4 is 21.9 Å². The molecular weight excluding hydrogens is 298 g/mol. The van der Waals surface area contributed by atoms with Gasteiger partial charge in [0.25, 0.3) is 0 Å². The Bertz CT molecular complexity index is 457. The lowest BCUT2D eigenvalue weighted by Gasteiger charge is -2.20. The van der Waals surface area contributed by atoms with Crippen molar-refractivity contribution in [1.82, 2.24) is 0 Å². The Morgan fingerprint density at radius 1 is 1.28 bits per heavy atom. The Morgan fingerprint density at radius 2 is 1.83 bits per heavy atom. The van der Waals surface area contributed by atoms with Crippen molar-refractivity contribution in [1.29, 1.82) is 0 Å². The second-order valence-electron chi connectivity index (χ2n) is 4.49. The van der Waals surface area contributed by atoms with Gasteiger partial charge in [-0.3, -0.25) is 4.79 Å². The standard InChI is InChI=1S/C13H18BrNO3/c1-6-7(2)13(18)11(8(3)12(6)14)9(15)4-5-10(16)17/h9,18H,4-5,15H2,1-3H3,(H,16,17). The third-order valence-corrected chi connectivity index (χ3v) is 4.46. The van der Waals surface area contributed by atoms with Crippen molar-refractivity contribution in [3.05, 3.63) is 26.7 Å². The van der Waals surface area contributed by atoms with Crippen LogP contribution in [0.4, 0.5) is 0 Å². The molecule has 0 radical (unpaired) electrons. The van der Waals surface area contributed by atoms with Gasteiger partial charge in [0, 0.05) is 22.5 Å². The summed E-state index contributed by atoms with van der Waals surface area (Å²) in [6.07, 6.45) is 0.295. The second-order valence-corrected chi connectivity index (χ2v) is 5.28. The molecule has 0 saturated heterocycles. The SMILES string of the molecule is Cc1c(C)c(Br)c(C)c(C(N)CCC(=O)O)c1O. The Hall–Kier alpha value is -1.07. The zero-order valence-corrected chi connectivity index (χ0v) is 12.3. The molecule has 1 unspecified atom stereocenters. The average molecular weight is 316 g/mol. The lowest BCUT2D eigenvalue weighted by molar-refractivity contribution is -0.137. The molecule has 0 aliphatic carbocycles. The van der Waals surface area contributed by atoms with E-state index in [2.05, 4.69) is 15.9 Å². The molecule has 18 heavy (non-hydrogen) atoms. The number of carboxylic acids is 1. The van der Waals surface area contributed by atoms with Crippen LogP contribution in [-0.4, -0.2) is 16.2 Å². The molecule has 5 heteroatoms. The molecular formula is C13H18BrNO3. The van der Waals surface area contributed by atoms with Crippen LogP contribution in [0.3, 0.4) is 0 Å². The fourth-order valence-electron chi connectivity index (χ4n) is 2.00. The van der Waals surface area contributed by atoms with Gasteiger partial charge in [-0.15, -0.1) is 0 Å². The van der Waals surface area contributed by atoms with Gasteiger partial charge >= 0.3 is 5.97 Å². The first-order chi connectivity index (χ1) is 8.27. The first-order valence-electron chi connectivity index (χ1n) is 5.72. The van der Waals surface area contributed by atoms with Crippen molar-refractivity contribution < 1.29 is 15.0 Å². The van der Waals surface area contributed by atoms with E-state index in [-0.39, 0.29) is 12.2 Å². The van der Waals surface area contributed by atoms with E-state index in [9.17, 15) is 9.90 Å². The molecule has 0 spiro atoms. The lowest BCUT2D eigenvalue weighted by atomic mass is 9.92. The summed E-state index contributed by atoms with van der Waals surface area (Å²) in [5.74, 6) is -0.711. The van der Waals surface area contributed by atoms with Crippen LogP contribution in [0.15, 0.2) is 4.47 Å². The van der Waals surface area contributed by atoms with Gasteiger partial charge in [-0.2, -0.15) is 0 Å². The number of carboxylic acid groups (broad SMARTS) is 1. The van der Waals surface area contributed by atoms with E-state index in [1.807, 2.05) is 20.8 Å². The Kier molecular flexibility index (Phi) is 4.76. The molecule has 0 aliphatic heterocycles. The first-order valence-corrected chi connectivity index (χ1v) is 6.52. The molecule has 0 saturated carbocycles. The topological polar surface area (TPSA) is 83.6 Å². The summed E-state index contributed by atoms with van der Waals surface area (Å²) in [5.41, 5.74) is 9.23. The van der Waals surface area contributed by atoms with Gasteiger partial charge in [0.2, 0.25) is 0 Å². The number of benzene rings is 1. The van der Waals surface area contributed by atoms with Crippen molar-refractivity contribution in [3.63, 3.8) is 0 Å². The monoisotopic (exact) mass is 315 g/mol. The fraction of sp³-hybridized carbons (Fsp3) is 0.462. The summed E-state index contributed by atoms with van der Waals surface area (Å²) < 4.78 is 0.915. The molecule has 0 aromatic heterocycles. The van der Waals surface area contributed by atoms with Crippen LogP contribution in [0.2, 0.25) is 0 Å². The first kappa shape index (κ1) is 15.0. The number of hydrogen-bond acceptors (Lipinski definition) is 3. The van der Waals surface area contributed by atoms with Crippen molar-refractivity contribution in [3.8, 4) is 5.75 Å². The van der Waals surface area contributed by atoms with Crippen LogP contribution < -0.4 is 5.73 Å². The highest BCUT2D eigenvalue weighted by molar-refractivity contribution is 9.10. The molecule has 0 amide bonds. The molecule has 0 aliphatic rings. The minimum Gasteiger partial charge on any atom is -0.507 e. The number of phenols is 1. The molecule has 0 fully saturated rings. The highest BCUT2D eigenvalue weighted by Gasteiger charge is 2.20. The Balaban J connectivity index is 3.20. The van der Waals surface area contributed by atoms with Gasteiger partial charge in [-0.05, 0) is 43.9 Å². The minimum atomic E-state index is -0.884. The summed E-state index contributed by atoms with van der Waals surface area (Å²) in [5, 5.41) is 18.8. The maximum absolute atomic E-state index is 10.6. The van der Waals surface area contributed by atoms with E-state index >= 15 is 0 Å². The normalized spacial score (nSPS) is 12.5. The highest BCUT2D eigenvalue weighted by atomic mass is 79.9. The summed E-state index contributed by atoms with van der Waals surface area (Å²) in [7, 11) is 0. The summed E-state index contributed by atoms with van der Waals surface area (Å²) in [6.45, 7) is 5.60. The number of halogens is 1. The fourth-order valence-corrected chi connectivity index (χ4v) is 2.51. The van der Waals surface area contributed by atoms with Gasteiger partial charge in [0.15, 0.2) is 0 Å². The van der Waals surface area contributed by atoms with E-state index in [0.717, 1.165) is 21.2 Å². The second kappa shape index (κ2) is 5.71. The number of hydrogen-bond donors (Lipinski definition) is 3. The molecule has 1 aromatic carbocycles. The third kappa shape index (κ3) is 2.84. The molecule has 1 atom stereocenters. The van der Waals surface area contributed by atoms with E-state index in [4.69, 9.17) is 10.8 Å². The summed E-state index contributed by atoms with van der Waals surface area (Å²) in [4.78, 5) is 10.6. The number of rotatable bonds is 4. The van der Waals surface area contributed by atoms with Crippen LogP contribution in [0.25, 0.3) is 0 Å². The smallest absolute Gasteiger partial charge is 0.303 e. The Labute approximate surface area is 115 Å². The predicted octanol–water partition coefficient (Wildman–Crippen LogP) is 2.94. The van der Waals surface area contributed by atoms with Gasteiger partial charge in [-0.25, -0.2) is 0 Å². The van der Waals surface area contributed by atoms with Crippen LogP contribution in [0.1, 0.15) is 41.1 Å². The summed E-state index contributed by atoms with van der Waals surface area (Å²) in [6, 6.07) is -0.475. The zero-order chi connectivity index (χ0) is 14.0. The van der Waals surface area contributed by atoms with Crippen molar-refractivity contribution in [2.75, 3.05) is 0 Å². The average Bonchev–Trinajstić information content (AvgIpc) is 2.31. The van der Waals surface area contributed by atoms with Crippen LogP contribution >= 0.6 is 15.9 Å². The van der Waals surface area contributed by atoms with Crippen molar-refractivity contribution in [2.24, 2.45) is 5.73 Å². The molecule has 1 aromatic rings. The number of nitrogens with two attached hydrogens (primary N) is 1.